The third kappa shape index (κ3) is 5.52. The summed E-state index contributed by atoms with van der Waals surface area (Å²) in [5, 5.41) is 10.3. The van der Waals surface area contributed by atoms with Gasteiger partial charge >= 0.3 is 0 Å². The zero-order valence-corrected chi connectivity index (χ0v) is 19.8. The first kappa shape index (κ1) is 23.3. The molecule has 1 aromatic heterocycles. The lowest BCUT2D eigenvalue weighted by atomic mass is 10.1. The number of rotatable bonds is 9. The summed E-state index contributed by atoms with van der Waals surface area (Å²) in [5.41, 5.74) is 2.06. The van der Waals surface area contributed by atoms with Crippen LogP contribution >= 0.6 is 11.3 Å². The molecule has 0 saturated carbocycles. The van der Waals surface area contributed by atoms with Crippen LogP contribution in [0.25, 0.3) is 10.8 Å². The standard InChI is InChI=1S/C26H25N3O4S/c1-32-22-9-5-8-20(25(22)33-2)14-28-26(31)21-16-34-24(29-21)15-27-23(30)13-17-10-11-18-6-3-4-7-19(18)12-17/h3-12,16H,13-15H2,1-2H3,(H,27,30)(H,28,31). The van der Waals surface area contributed by atoms with Gasteiger partial charge in [-0.2, -0.15) is 0 Å². The van der Waals surface area contributed by atoms with Crippen LogP contribution in [0.1, 0.15) is 26.6 Å². The molecule has 34 heavy (non-hydrogen) atoms. The summed E-state index contributed by atoms with van der Waals surface area (Å²) in [7, 11) is 3.13. The molecule has 0 bridgehead atoms. The van der Waals surface area contributed by atoms with Crippen LogP contribution in [-0.2, 0) is 24.3 Å². The number of carbonyl (C=O) groups excluding carboxylic acids is 2. The summed E-state index contributed by atoms with van der Waals surface area (Å²) in [6.07, 6.45) is 0.284. The summed E-state index contributed by atoms with van der Waals surface area (Å²) in [6, 6.07) is 19.6. The minimum absolute atomic E-state index is 0.0957. The molecule has 0 radical (unpaired) electrons. The van der Waals surface area contributed by atoms with Gasteiger partial charge in [0.05, 0.1) is 27.2 Å². The molecule has 3 aromatic carbocycles. The van der Waals surface area contributed by atoms with Crippen LogP contribution in [0.15, 0.2) is 66.0 Å². The van der Waals surface area contributed by atoms with Gasteiger partial charge in [0.2, 0.25) is 5.91 Å². The van der Waals surface area contributed by atoms with Crippen LogP contribution in [-0.4, -0.2) is 31.0 Å². The molecule has 0 atom stereocenters. The van der Waals surface area contributed by atoms with Crippen LogP contribution < -0.4 is 20.1 Å². The van der Waals surface area contributed by atoms with Crippen LogP contribution in [0.5, 0.6) is 11.5 Å². The topological polar surface area (TPSA) is 89.6 Å². The van der Waals surface area contributed by atoms with E-state index in [1.165, 1.54) is 11.3 Å². The maximum atomic E-state index is 12.5. The highest BCUT2D eigenvalue weighted by Gasteiger charge is 2.14. The number of fused-ring (bicyclic) bond motifs is 1. The molecule has 0 fully saturated rings. The van der Waals surface area contributed by atoms with Gasteiger partial charge in [0.15, 0.2) is 11.5 Å². The summed E-state index contributed by atoms with van der Waals surface area (Å²) < 4.78 is 10.7. The van der Waals surface area contributed by atoms with E-state index in [1.807, 2.05) is 54.6 Å². The fraction of sp³-hybridized carbons (Fsp3) is 0.192. The minimum atomic E-state index is -0.296. The van der Waals surface area contributed by atoms with Crippen LogP contribution in [0.4, 0.5) is 0 Å². The molecule has 7 nitrogen and oxygen atoms in total. The number of hydrogen-bond acceptors (Lipinski definition) is 6. The maximum Gasteiger partial charge on any atom is 0.271 e. The SMILES string of the molecule is COc1cccc(CNC(=O)c2csc(CNC(=O)Cc3ccc4ccccc4c3)n2)c1OC. The van der Waals surface area contributed by atoms with Crippen molar-refractivity contribution in [3.05, 3.63) is 87.9 Å². The third-order valence-electron chi connectivity index (χ3n) is 5.32. The van der Waals surface area contributed by atoms with Crippen molar-refractivity contribution >= 4 is 33.9 Å². The van der Waals surface area contributed by atoms with Gasteiger partial charge < -0.3 is 20.1 Å². The normalized spacial score (nSPS) is 10.6. The van der Waals surface area contributed by atoms with Crippen molar-refractivity contribution in [3.63, 3.8) is 0 Å². The Morgan fingerprint density at radius 3 is 2.53 bits per heavy atom. The van der Waals surface area contributed by atoms with Gasteiger partial charge in [-0.15, -0.1) is 11.3 Å². The molecule has 174 valence electrons. The average molecular weight is 476 g/mol. The molecule has 8 heteroatoms. The number of thiazole rings is 1. The van der Waals surface area contributed by atoms with E-state index in [2.05, 4.69) is 15.6 Å². The second-order valence-electron chi connectivity index (χ2n) is 7.60. The van der Waals surface area contributed by atoms with E-state index in [0.29, 0.717) is 22.2 Å². The molecule has 0 aliphatic carbocycles. The van der Waals surface area contributed by atoms with E-state index in [0.717, 1.165) is 21.9 Å². The van der Waals surface area contributed by atoms with Gasteiger partial charge in [-0.05, 0) is 22.4 Å². The third-order valence-corrected chi connectivity index (χ3v) is 6.17. The maximum absolute atomic E-state index is 12.5. The van der Waals surface area contributed by atoms with Gasteiger partial charge in [-0.3, -0.25) is 9.59 Å². The zero-order chi connectivity index (χ0) is 23.9. The van der Waals surface area contributed by atoms with Crippen LogP contribution in [0.2, 0.25) is 0 Å². The van der Waals surface area contributed by atoms with E-state index in [-0.39, 0.29) is 31.3 Å². The molecule has 2 N–H and O–H groups in total. The molecule has 4 aromatic rings. The number of carbonyl (C=O) groups is 2. The summed E-state index contributed by atoms with van der Waals surface area (Å²) in [5.74, 6) is 0.791. The van der Waals surface area contributed by atoms with Gasteiger partial charge in [0, 0.05) is 17.5 Å². The number of ether oxygens (including phenoxy) is 2. The van der Waals surface area contributed by atoms with Gasteiger partial charge in [-0.25, -0.2) is 4.98 Å². The van der Waals surface area contributed by atoms with Crippen molar-refractivity contribution in [2.45, 2.75) is 19.5 Å². The lowest BCUT2D eigenvalue weighted by Crippen LogP contribution is -2.25. The van der Waals surface area contributed by atoms with Crippen molar-refractivity contribution in [1.82, 2.24) is 15.6 Å². The Balaban J connectivity index is 1.30. The van der Waals surface area contributed by atoms with E-state index < -0.39 is 0 Å². The van der Waals surface area contributed by atoms with Gasteiger partial charge in [0.1, 0.15) is 10.7 Å². The minimum Gasteiger partial charge on any atom is -0.493 e. The average Bonchev–Trinajstić information content (AvgIpc) is 3.35. The Labute approximate surface area is 201 Å². The summed E-state index contributed by atoms with van der Waals surface area (Å²) >= 11 is 1.33. The van der Waals surface area contributed by atoms with Crippen molar-refractivity contribution in [3.8, 4) is 11.5 Å². The smallest absolute Gasteiger partial charge is 0.271 e. The number of nitrogens with zero attached hydrogens (tertiary/aromatic N) is 1. The number of para-hydroxylation sites is 1. The Bertz CT molecular complexity index is 1320. The summed E-state index contributed by atoms with van der Waals surface area (Å²) in [6.45, 7) is 0.544. The molecular weight excluding hydrogens is 450 g/mol. The molecular formula is C26H25N3O4S. The largest absolute Gasteiger partial charge is 0.493 e. The number of benzene rings is 3. The second kappa shape index (κ2) is 10.8. The van der Waals surface area contributed by atoms with E-state index >= 15 is 0 Å². The lowest BCUT2D eigenvalue weighted by Gasteiger charge is -2.12. The Hall–Kier alpha value is -3.91. The van der Waals surface area contributed by atoms with Gasteiger partial charge in [-0.1, -0.05) is 54.6 Å². The predicted molar refractivity (Wildman–Crippen MR) is 132 cm³/mol. The molecule has 0 spiro atoms. The molecule has 1 heterocycles. The molecule has 0 aliphatic heterocycles. The highest BCUT2D eigenvalue weighted by molar-refractivity contribution is 7.09. The van der Waals surface area contributed by atoms with Crippen molar-refractivity contribution < 1.29 is 19.1 Å². The first-order valence-electron chi connectivity index (χ1n) is 10.7. The van der Waals surface area contributed by atoms with Crippen molar-refractivity contribution in [1.29, 1.82) is 0 Å². The number of aromatic nitrogens is 1. The second-order valence-corrected chi connectivity index (χ2v) is 8.54. The van der Waals surface area contributed by atoms with Crippen molar-refractivity contribution in [2.24, 2.45) is 0 Å². The molecule has 0 unspecified atom stereocenters. The highest BCUT2D eigenvalue weighted by atomic mass is 32.1. The van der Waals surface area contributed by atoms with E-state index in [1.54, 1.807) is 25.7 Å². The van der Waals surface area contributed by atoms with Crippen LogP contribution in [0, 0.1) is 0 Å². The Morgan fingerprint density at radius 2 is 1.74 bits per heavy atom. The summed E-state index contributed by atoms with van der Waals surface area (Å²) in [4.78, 5) is 29.3. The number of nitrogens with one attached hydrogen (secondary N) is 2. The molecule has 4 rings (SSSR count). The van der Waals surface area contributed by atoms with Crippen molar-refractivity contribution in [2.75, 3.05) is 14.2 Å². The molecule has 0 aliphatic rings. The zero-order valence-electron chi connectivity index (χ0n) is 19.0. The predicted octanol–water partition coefficient (Wildman–Crippen LogP) is 4.10. The number of methoxy groups -OCH3 is 2. The number of hydrogen-bond donors (Lipinski definition) is 2. The molecule has 2 amide bonds. The fourth-order valence-electron chi connectivity index (χ4n) is 3.63. The van der Waals surface area contributed by atoms with Crippen LogP contribution in [0.3, 0.4) is 0 Å². The number of amides is 2. The Kier molecular flexibility index (Phi) is 7.39. The quantitative estimate of drug-likeness (QED) is 0.380. The van der Waals surface area contributed by atoms with Gasteiger partial charge in [0.25, 0.3) is 5.91 Å². The Morgan fingerprint density at radius 1 is 0.912 bits per heavy atom. The first-order chi connectivity index (χ1) is 16.6. The van der Waals surface area contributed by atoms with E-state index in [4.69, 9.17) is 9.47 Å². The monoisotopic (exact) mass is 475 g/mol. The highest BCUT2D eigenvalue weighted by Crippen LogP contribution is 2.30. The first-order valence-corrected chi connectivity index (χ1v) is 11.6. The lowest BCUT2D eigenvalue weighted by molar-refractivity contribution is -0.120. The van der Waals surface area contributed by atoms with E-state index in [9.17, 15) is 9.59 Å². The fourth-order valence-corrected chi connectivity index (χ4v) is 4.34. The molecule has 0 saturated heterocycles.